The normalized spacial score (nSPS) is 9.62. The highest BCUT2D eigenvalue weighted by atomic mass is 16.5. The second-order valence-electron chi connectivity index (χ2n) is 2.72. The SMILES string of the molecule is CCOC(=O)Nc1[nH]ncc1C(=O)OCC. The number of H-pyrrole nitrogens is 1. The average Bonchev–Trinajstić information content (AvgIpc) is 2.66. The summed E-state index contributed by atoms with van der Waals surface area (Å²) in [5, 5.41) is 8.46. The number of hydrogen-bond donors (Lipinski definition) is 2. The molecule has 0 aromatic carbocycles. The van der Waals surface area contributed by atoms with Gasteiger partial charge in [-0.15, -0.1) is 0 Å². The predicted molar refractivity (Wildman–Crippen MR) is 55.2 cm³/mol. The first-order valence-corrected chi connectivity index (χ1v) is 4.83. The van der Waals surface area contributed by atoms with Crippen LogP contribution in [0.4, 0.5) is 10.6 Å². The third-order valence-corrected chi connectivity index (χ3v) is 1.64. The van der Waals surface area contributed by atoms with Gasteiger partial charge in [0.25, 0.3) is 0 Å². The van der Waals surface area contributed by atoms with Crippen molar-refractivity contribution in [2.24, 2.45) is 0 Å². The zero-order chi connectivity index (χ0) is 12.0. The summed E-state index contributed by atoms with van der Waals surface area (Å²) in [5.74, 6) is -0.389. The summed E-state index contributed by atoms with van der Waals surface area (Å²) in [7, 11) is 0. The molecular formula is C9H13N3O4. The third-order valence-electron chi connectivity index (χ3n) is 1.64. The maximum atomic E-state index is 11.4. The first-order chi connectivity index (χ1) is 7.69. The van der Waals surface area contributed by atoms with Crippen LogP contribution in [-0.4, -0.2) is 35.5 Å². The average molecular weight is 227 g/mol. The molecule has 1 rings (SSSR count). The van der Waals surface area contributed by atoms with Crippen molar-refractivity contribution in [2.75, 3.05) is 18.5 Å². The van der Waals surface area contributed by atoms with Gasteiger partial charge >= 0.3 is 12.1 Å². The molecule has 0 saturated carbocycles. The van der Waals surface area contributed by atoms with E-state index in [1.807, 2.05) is 0 Å². The minimum atomic E-state index is -0.655. The van der Waals surface area contributed by atoms with Crippen LogP contribution in [0.1, 0.15) is 24.2 Å². The molecule has 88 valence electrons. The first kappa shape index (κ1) is 12.0. The number of ether oxygens (including phenoxy) is 2. The Morgan fingerprint density at radius 2 is 2.06 bits per heavy atom. The van der Waals surface area contributed by atoms with Crippen molar-refractivity contribution in [1.29, 1.82) is 0 Å². The summed E-state index contributed by atoms with van der Waals surface area (Å²) in [6.07, 6.45) is 0.622. The number of carbonyl (C=O) groups excluding carboxylic acids is 2. The first-order valence-electron chi connectivity index (χ1n) is 4.83. The van der Waals surface area contributed by atoms with Crippen LogP contribution in [0.15, 0.2) is 6.20 Å². The highest BCUT2D eigenvalue weighted by molar-refractivity contribution is 5.98. The van der Waals surface area contributed by atoms with Crippen molar-refractivity contribution >= 4 is 17.9 Å². The Morgan fingerprint density at radius 1 is 1.38 bits per heavy atom. The number of carbonyl (C=O) groups is 2. The monoisotopic (exact) mass is 227 g/mol. The van der Waals surface area contributed by atoms with Crippen LogP contribution in [0.3, 0.4) is 0 Å². The van der Waals surface area contributed by atoms with Crippen molar-refractivity contribution in [2.45, 2.75) is 13.8 Å². The van der Waals surface area contributed by atoms with Crippen molar-refractivity contribution in [3.8, 4) is 0 Å². The lowest BCUT2D eigenvalue weighted by atomic mass is 10.3. The predicted octanol–water partition coefficient (Wildman–Crippen LogP) is 1.15. The maximum Gasteiger partial charge on any atom is 0.412 e. The molecule has 1 aromatic rings. The maximum absolute atomic E-state index is 11.4. The molecule has 0 bridgehead atoms. The zero-order valence-corrected chi connectivity index (χ0v) is 9.07. The molecule has 1 amide bonds. The largest absolute Gasteiger partial charge is 0.462 e. The Balaban J connectivity index is 2.70. The molecule has 0 saturated heterocycles. The Labute approximate surface area is 92.1 Å². The van der Waals surface area contributed by atoms with Gasteiger partial charge in [0.1, 0.15) is 11.4 Å². The van der Waals surface area contributed by atoms with Crippen LogP contribution in [0.25, 0.3) is 0 Å². The quantitative estimate of drug-likeness (QED) is 0.752. The molecular weight excluding hydrogens is 214 g/mol. The lowest BCUT2D eigenvalue weighted by Gasteiger charge is -2.04. The molecule has 0 aliphatic rings. The van der Waals surface area contributed by atoms with E-state index in [9.17, 15) is 9.59 Å². The Bertz CT molecular complexity index is 375. The van der Waals surface area contributed by atoms with E-state index in [4.69, 9.17) is 4.74 Å². The molecule has 16 heavy (non-hydrogen) atoms. The van der Waals surface area contributed by atoms with E-state index in [1.54, 1.807) is 13.8 Å². The summed E-state index contributed by atoms with van der Waals surface area (Å²) in [4.78, 5) is 22.5. The van der Waals surface area contributed by atoms with Crippen LogP contribution < -0.4 is 5.32 Å². The minimum Gasteiger partial charge on any atom is -0.462 e. The van der Waals surface area contributed by atoms with Crippen molar-refractivity contribution in [1.82, 2.24) is 10.2 Å². The molecule has 7 nitrogen and oxygen atoms in total. The number of nitrogens with zero attached hydrogens (tertiary/aromatic N) is 1. The van der Waals surface area contributed by atoms with Gasteiger partial charge in [-0.3, -0.25) is 10.4 Å². The summed E-state index contributed by atoms with van der Waals surface area (Å²) in [6.45, 7) is 3.87. The molecule has 1 heterocycles. The lowest BCUT2D eigenvalue weighted by Crippen LogP contribution is -2.16. The van der Waals surface area contributed by atoms with E-state index in [0.29, 0.717) is 0 Å². The molecule has 0 aliphatic heterocycles. The fraction of sp³-hybridized carbons (Fsp3) is 0.444. The minimum absolute atomic E-state index is 0.162. The molecule has 0 fully saturated rings. The molecule has 0 spiro atoms. The Morgan fingerprint density at radius 3 is 2.69 bits per heavy atom. The van der Waals surface area contributed by atoms with E-state index >= 15 is 0 Å². The summed E-state index contributed by atoms with van der Waals surface area (Å²) >= 11 is 0. The molecule has 0 aliphatic carbocycles. The summed E-state index contributed by atoms with van der Waals surface area (Å²) in [5.41, 5.74) is 0.162. The van der Waals surface area contributed by atoms with Gasteiger partial charge in [0.2, 0.25) is 0 Å². The van der Waals surface area contributed by atoms with Crippen molar-refractivity contribution in [3.63, 3.8) is 0 Å². The van der Waals surface area contributed by atoms with Crippen molar-refractivity contribution in [3.05, 3.63) is 11.8 Å². The number of esters is 1. The van der Waals surface area contributed by atoms with Gasteiger partial charge in [0.05, 0.1) is 19.4 Å². The summed E-state index contributed by atoms with van der Waals surface area (Å²) in [6, 6.07) is 0. The summed E-state index contributed by atoms with van der Waals surface area (Å²) < 4.78 is 9.44. The molecule has 7 heteroatoms. The molecule has 2 N–H and O–H groups in total. The van der Waals surface area contributed by atoms with Crippen molar-refractivity contribution < 1.29 is 19.1 Å². The number of rotatable bonds is 4. The molecule has 1 aromatic heterocycles. The van der Waals surface area contributed by atoms with E-state index in [-0.39, 0.29) is 24.6 Å². The highest BCUT2D eigenvalue weighted by Gasteiger charge is 2.16. The zero-order valence-electron chi connectivity index (χ0n) is 9.07. The number of hydrogen-bond acceptors (Lipinski definition) is 5. The van der Waals surface area contributed by atoms with Gasteiger partial charge in [-0.1, -0.05) is 0 Å². The highest BCUT2D eigenvalue weighted by Crippen LogP contribution is 2.12. The Hall–Kier alpha value is -2.05. The van der Waals surface area contributed by atoms with Crippen LogP contribution in [0, 0.1) is 0 Å². The van der Waals surface area contributed by atoms with Gasteiger partial charge in [-0.25, -0.2) is 9.59 Å². The number of aromatic amines is 1. The number of nitrogens with one attached hydrogen (secondary N) is 2. The lowest BCUT2D eigenvalue weighted by molar-refractivity contribution is 0.0527. The van der Waals surface area contributed by atoms with E-state index < -0.39 is 12.1 Å². The number of aromatic nitrogens is 2. The van der Waals surface area contributed by atoms with Gasteiger partial charge < -0.3 is 9.47 Å². The molecule has 0 atom stereocenters. The van der Waals surface area contributed by atoms with E-state index in [0.717, 1.165) is 0 Å². The van der Waals surface area contributed by atoms with Crippen LogP contribution in [0.5, 0.6) is 0 Å². The second-order valence-corrected chi connectivity index (χ2v) is 2.72. The fourth-order valence-electron chi connectivity index (χ4n) is 1.01. The Kier molecular flexibility index (Phi) is 4.31. The van der Waals surface area contributed by atoms with Gasteiger partial charge in [-0.2, -0.15) is 5.10 Å². The van der Waals surface area contributed by atoms with E-state index in [2.05, 4.69) is 20.3 Å². The molecule has 0 unspecified atom stereocenters. The van der Waals surface area contributed by atoms with Crippen LogP contribution in [0.2, 0.25) is 0 Å². The standard InChI is InChI=1S/C9H13N3O4/c1-3-15-8(13)6-5-10-12-7(6)11-9(14)16-4-2/h5H,3-4H2,1-2H3,(H2,10,11,12,14). The smallest absolute Gasteiger partial charge is 0.412 e. The fourth-order valence-corrected chi connectivity index (χ4v) is 1.01. The number of amides is 1. The topological polar surface area (TPSA) is 93.3 Å². The molecule has 0 radical (unpaired) electrons. The van der Waals surface area contributed by atoms with Crippen LogP contribution in [-0.2, 0) is 9.47 Å². The van der Waals surface area contributed by atoms with Gasteiger partial charge in [-0.05, 0) is 13.8 Å². The second kappa shape index (κ2) is 5.74. The van der Waals surface area contributed by atoms with E-state index in [1.165, 1.54) is 6.20 Å². The van der Waals surface area contributed by atoms with Crippen LogP contribution >= 0.6 is 0 Å². The van der Waals surface area contributed by atoms with Gasteiger partial charge in [0.15, 0.2) is 0 Å². The third kappa shape index (κ3) is 2.97. The number of anilines is 1. The van der Waals surface area contributed by atoms with Gasteiger partial charge in [0, 0.05) is 0 Å².